The molecule has 2 aliphatic heterocycles. The lowest BCUT2D eigenvalue weighted by molar-refractivity contribution is 0.260. The summed E-state index contributed by atoms with van der Waals surface area (Å²) < 4.78 is 0. The maximum atomic E-state index is 4.74. The normalized spacial score (nSPS) is 23.7. The maximum Gasteiger partial charge on any atom is 0.129 e. The molecule has 0 radical (unpaired) electrons. The van der Waals surface area contributed by atoms with Gasteiger partial charge in [-0.1, -0.05) is 0 Å². The molecule has 1 atom stereocenters. The highest BCUT2D eigenvalue weighted by atomic mass is 15.3. The average Bonchev–Trinajstić information content (AvgIpc) is 3.10. The Bertz CT molecular complexity index is 454. The highest BCUT2D eigenvalue weighted by Gasteiger charge is 2.29. The van der Waals surface area contributed by atoms with Crippen molar-refractivity contribution in [2.75, 3.05) is 38.1 Å². The third-order valence-corrected chi connectivity index (χ3v) is 4.53. The van der Waals surface area contributed by atoms with Gasteiger partial charge in [0.1, 0.15) is 5.82 Å². The standard InChI is InChI=1S/C16H26N4/c1-13-9-14(11-17-2)10-16(18-13)20-8-5-15(12-20)19-6-3-4-7-19/h9-10,15,17H,3-8,11-12H2,1-2H3. The number of aromatic nitrogens is 1. The van der Waals surface area contributed by atoms with Crippen molar-refractivity contribution in [1.29, 1.82) is 0 Å². The van der Waals surface area contributed by atoms with Gasteiger partial charge in [-0.25, -0.2) is 4.98 Å². The Hall–Kier alpha value is -1.13. The van der Waals surface area contributed by atoms with Crippen molar-refractivity contribution >= 4 is 5.82 Å². The Morgan fingerprint density at radius 2 is 2.05 bits per heavy atom. The first-order chi connectivity index (χ1) is 9.76. The van der Waals surface area contributed by atoms with Crippen LogP contribution in [-0.4, -0.2) is 49.2 Å². The fourth-order valence-corrected chi connectivity index (χ4v) is 3.54. The molecular formula is C16H26N4. The van der Waals surface area contributed by atoms with E-state index in [0.717, 1.165) is 37.2 Å². The molecule has 2 fully saturated rings. The number of anilines is 1. The number of likely N-dealkylation sites (tertiary alicyclic amines) is 1. The number of pyridine rings is 1. The Kier molecular flexibility index (Phi) is 4.22. The van der Waals surface area contributed by atoms with Gasteiger partial charge in [0.25, 0.3) is 0 Å². The molecule has 4 nitrogen and oxygen atoms in total. The first kappa shape index (κ1) is 13.8. The molecule has 4 heteroatoms. The fraction of sp³-hybridized carbons (Fsp3) is 0.688. The summed E-state index contributed by atoms with van der Waals surface area (Å²) in [5.41, 5.74) is 2.46. The van der Waals surface area contributed by atoms with Crippen molar-refractivity contribution in [3.63, 3.8) is 0 Å². The molecule has 1 aromatic rings. The van der Waals surface area contributed by atoms with Crippen LogP contribution < -0.4 is 10.2 Å². The molecule has 3 heterocycles. The predicted molar refractivity (Wildman–Crippen MR) is 83.2 cm³/mol. The van der Waals surface area contributed by atoms with Gasteiger partial charge in [0.15, 0.2) is 0 Å². The largest absolute Gasteiger partial charge is 0.355 e. The zero-order valence-electron chi connectivity index (χ0n) is 12.7. The van der Waals surface area contributed by atoms with E-state index in [2.05, 4.69) is 34.2 Å². The quantitative estimate of drug-likeness (QED) is 0.907. The molecule has 0 aromatic carbocycles. The Morgan fingerprint density at radius 3 is 2.80 bits per heavy atom. The van der Waals surface area contributed by atoms with Crippen LogP contribution in [0.15, 0.2) is 12.1 Å². The van der Waals surface area contributed by atoms with Crippen LogP contribution in [0.5, 0.6) is 0 Å². The van der Waals surface area contributed by atoms with Crippen LogP contribution in [-0.2, 0) is 6.54 Å². The Balaban J connectivity index is 1.70. The van der Waals surface area contributed by atoms with E-state index in [0.29, 0.717) is 0 Å². The molecule has 1 unspecified atom stereocenters. The lowest BCUT2D eigenvalue weighted by atomic mass is 10.2. The van der Waals surface area contributed by atoms with Gasteiger partial charge in [-0.05, 0) is 64.0 Å². The topological polar surface area (TPSA) is 31.4 Å². The molecule has 0 saturated carbocycles. The number of hydrogen-bond acceptors (Lipinski definition) is 4. The van der Waals surface area contributed by atoms with Gasteiger partial charge in [-0.2, -0.15) is 0 Å². The number of hydrogen-bond donors (Lipinski definition) is 1. The van der Waals surface area contributed by atoms with Crippen LogP contribution in [0.3, 0.4) is 0 Å². The summed E-state index contributed by atoms with van der Waals surface area (Å²) in [6.45, 7) is 7.90. The van der Waals surface area contributed by atoms with E-state index in [1.807, 2.05) is 7.05 Å². The van der Waals surface area contributed by atoms with Crippen LogP contribution in [0, 0.1) is 6.92 Å². The third kappa shape index (κ3) is 2.96. The molecule has 1 N–H and O–H groups in total. The molecular weight excluding hydrogens is 248 g/mol. The molecule has 0 spiro atoms. The minimum Gasteiger partial charge on any atom is -0.355 e. The summed E-state index contributed by atoms with van der Waals surface area (Å²) in [4.78, 5) is 9.88. The van der Waals surface area contributed by atoms with Gasteiger partial charge in [0.2, 0.25) is 0 Å². The van der Waals surface area contributed by atoms with Crippen molar-refractivity contribution in [3.8, 4) is 0 Å². The second-order valence-corrected chi connectivity index (χ2v) is 6.14. The van der Waals surface area contributed by atoms with Gasteiger partial charge in [0.05, 0.1) is 0 Å². The fourth-order valence-electron chi connectivity index (χ4n) is 3.54. The minimum atomic E-state index is 0.743. The summed E-state index contributed by atoms with van der Waals surface area (Å²) in [5, 5.41) is 3.23. The van der Waals surface area contributed by atoms with E-state index >= 15 is 0 Å². The highest BCUT2D eigenvalue weighted by Crippen LogP contribution is 2.25. The molecule has 0 aliphatic carbocycles. The van der Waals surface area contributed by atoms with E-state index in [-0.39, 0.29) is 0 Å². The minimum absolute atomic E-state index is 0.743. The van der Waals surface area contributed by atoms with Crippen molar-refractivity contribution < 1.29 is 0 Å². The van der Waals surface area contributed by atoms with E-state index in [1.54, 1.807) is 0 Å². The van der Waals surface area contributed by atoms with Crippen molar-refractivity contribution in [1.82, 2.24) is 15.2 Å². The zero-order chi connectivity index (χ0) is 13.9. The molecule has 0 bridgehead atoms. The number of nitrogens with one attached hydrogen (secondary N) is 1. The molecule has 2 aliphatic rings. The highest BCUT2D eigenvalue weighted by molar-refractivity contribution is 5.44. The van der Waals surface area contributed by atoms with Crippen molar-refractivity contribution in [3.05, 3.63) is 23.4 Å². The van der Waals surface area contributed by atoms with Crippen LogP contribution in [0.25, 0.3) is 0 Å². The van der Waals surface area contributed by atoms with E-state index < -0.39 is 0 Å². The van der Waals surface area contributed by atoms with E-state index in [4.69, 9.17) is 4.98 Å². The molecule has 0 amide bonds. The Labute approximate surface area is 122 Å². The summed E-state index contributed by atoms with van der Waals surface area (Å²) >= 11 is 0. The smallest absolute Gasteiger partial charge is 0.129 e. The lowest BCUT2D eigenvalue weighted by Crippen LogP contribution is -2.35. The zero-order valence-corrected chi connectivity index (χ0v) is 12.7. The first-order valence-electron chi connectivity index (χ1n) is 7.87. The second kappa shape index (κ2) is 6.10. The molecule has 2 saturated heterocycles. The van der Waals surface area contributed by atoms with E-state index in [9.17, 15) is 0 Å². The molecule has 110 valence electrons. The van der Waals surface area contributed by atoms with Gasteiger partial charge in [-0.15, -0.1) is 0 Å². The summed E-state index contributed by atoms with van der Waals surface area (Å²) in [6, 6.07) is 5.16. The summed E-state index contributed by atoms with van der Waals surface area (Å²) in [7, 11) is 1.99. The van der Waals surface area contributed by atoms with Gasteiger partial charge >= 0.3 is 0 Å². The SMILES string of the molecule is CNCc1cc(C)nc(N2CCC(N3CCCC3)C2)c1. The second-order valence-electron chi connectivity index (χ2n) is 6.14. The molecule has 3 rings (SSSR count). The number of aryl methyl sites for hydroxylation is 1. The van der Waals surface area contributed by atoms with Crippen LogP contribution in [0.1, 0.15) is 30.5 Å². The average molecular weight is 274 g/mol. The van der Waals surface area contributed by atoms with Crippen molar-refractivity contribution in [2.45, 2.75) is 38.8 Å². The van der Waals surface area contributed by atoms with Crippen LogP contribution in [0.2, 0.25) is 0 Å². The van der Waals surface area contributed by atoms with Gasteiger partial charge in [-0.3, -0.25) is 4.90 Å². The third-order valence-electron chi connectivity index (χ3n) is 4.53. The van der Waals surface area contributed by atoms with E-state index in [1.165, 1.54) is 37.9 Å². The van der Waals surface area contributed by atoms with Gasteiger partial charge < -0.3 is 10.2 Å². The molecule has 1 aromatic heterocycles. The molecule has 20 heavy (non-hydrogen) atoms. The monoisotopic (exact) mass is 274 g/mol. The van der Waals surface area contributed by atoms with Crippen LogP contribution in [0.4, 0.5) is 5.82 Å². The predicted octanol–water partition coefficient (Wildman–Crippen LogP) is 1.78. The summed E-state index contributed by atoms with van der Waals surface area (Å²) in [6.07, 6.45) is 4.05. The Morgan fingerprint density at radius 1 is 1.25 bits per heavy atom. The van der Waals surface area contributed by atoms with Crippen molar-refractivity contribution in [2.24, 2.45) is 0 Å². The number of nitrogens with zero attached hydrogens (tertiary/aromatic N) is 3. The first-order valence-corrected chi connectivity index (χ1v) is 7.87. The lowest BCUT2D eigenvalue weighted by Gasteiger charge is -2.24. The number of rotatable bonds is 4. The summed E-state index contributed by atoms with van der Waals surface area (Å²) in [5.74, 6) is 1.16. The van der Waals surface area contributed by atoms with Crippen LogP contribution >= 0.6 is 0 Å². The maximum absolute atomic E-state index is 4.74. The van der Waals surface area contributed by atoms with Gasteiger partial charge in [0, 0.05) is 31.4 Å².